The average Bonchev–Trinajstić information content (AvgIpc) is 2.83. The molecule has 1 aliphatic rings. The van der Waals surface area contributed by atoms with Gasteiger partial charge >= 0.3 is 0 Å². The molecule has 0 fully saturated rings. The Morgan fingerprint density at radius 1 is 1.41 bits per heavy atom. The van der Waals surface area contributed by atoms with E-state index in [1.165, 1.54) is 0 Å². The zero-order valence-corrected chi connectivity index (χ0v) is 11.3. The Hall–Kier alpha value is -1.07. The van der Waals surface area contributed by atoms with E-state index in [1.807, 2.05) is 18.2 Å². The lowest BCUT2D eigenvalue weighted by Crippen LogP contribution is -2.20. The molecule has 0 aromatic heterocycles. The van der Waals surface area contributed by atoms with Gasteiger partial charge in [-0.1, -0.05) is 15.9 Å². The molecule has 0 saturated heterocycles. The van der Waals surface area contributed by atoms with E-state index in [1.54, 1.807) is 7.11 Å². The van der Waals surface area contributed by atoms with Crippen molar-refractivity contribution in [2.45, 2.75) is 0 Å². The van der Waals surface area contributed by atoms with Crippen LogP contribution >= 0.6 is 15.9 Å². The van der Waals surface area contributed by atoms with E-state index in [2.05, 4.69) is 26.2 Å². The summed E-state index contributed by atoms with van der Waals surface area (Å²) < 4.78 is 11.7. The number of benzene rings is 1. The first kappa shape index (κ1) is 12.4. The molecule has 0 amide bonds. The van der Waals surface area contributed by atoms with Gasteiger partial charge < -0.3 is 14.8 Å². The highest BCUT2D eigenvalue weighted by Crippen LogP contribution is 2.24. The van der Waals surface area contributed by atoms with E-state index in [0.29, 0.717) is 13.2 Å². The van der Waals surface area contributed by atoms with Gasteiger partial charge in [-0.15, -0.1) is 0 Å². The Morgan fingerprint density at radius 3 is 3.00 bits per heavy atom. The summed E-state index contributed by atoms with van der Waals surface area (Å²) in [5.41, 5.74) is 1.00. The highest BCUT2D eigenvalue weighted by molar-refractivity contribution is 9.10. The van der Waals surface area contributed by atoms with Crippen LogP contribution in [0, 0.1) is 0 Å². The lowest BCUT2D eigenvalue weighted by atomic mass is 10.2. The molecular formula is C12H15BrN2O2. The number of ether oxygens (including phenoxy) is 2. The molecule has 4 nitrogen and oxygen atoms in total. The largest absolute Gasteiger partial charge is 0.490 e. The molecule has 0 aliphatic carbocycles. The van der Waals surface area contributed by atoms with Crippen molar-refractivity contribution in [3.05, 3.63) is 28.2 Å². The smallest absolute Gasteiger partial charge is 0.132 e. The summed E-state index contributed by atoms with van der Waals surface area (Å²) in [4.78, 5) is 4.40. The number of amidine groups is 1. The van der Waals surface area contributed by atoms with Crippen molar-refractivity contribution in [1.82, 2.24) is 5.32 Å². The van der Waals surface area contributed by atoms with Crippen LogP contribution in [0.4, 0.5) is 0 Å². The van der Waals surface area contributed by atoms with Crippen molar-refractivity contribution in [3.63, 3.8) is 0 Å². The summed E-state index contributed by atoms with van der Waals surface area (Å²) in [6, 6.07) is 5.94. The number of nitrogens with one attached hydrogen (secondary N) is 1. The van der Waals surface area contributed by atoms with Crippen molar-refractivity contribution in [1.29, 1.82) is 0 Å². The number of hydrogen-bond donors (Lipinski definition) is 1. The second-order valence-electron chi connectivity index (χ2n) is 3.64. The fourth-order valence-corrected chi connectivity index (χ4v) is 1.96. The van der Waals surface area contributed by atoms with Gasteiger partial charge in [0, 0.05) is 18.1 Å². The Bertz CT molecular complexity index is 421. The zero-order chi connectivity index (χ0) is 12.1. The van der Waals surface area contributed by atoms with Gasteiger partial charge in [-0.3, -0.25) is 4.99 Å². The molecule has 0 bridgehead atoms. The fraction of sp³-hybridized carbons (Fsp3) is 0.417. The number of halogens is 1. The minimum atomic E-state index is 0.535. The minimum Gasteiger partial charge on any atom is -0.490 e. The standard InChI is InChI=1S/C12H15BrN2O2/c1-16-6-7-17-11-8-9(13)2-3-10(11)12-14-4-5-15-12/h2-3,8H,4-7H2,1H3,(H,14,15). The van der Waals surface area contributed by atoms with Crippen LogP contribution in [-0.4, -0.2) is 39.2 Å². The van der Waals surface area contributed by atoms with E-state index in [0.717, 1.165) is 34.7 Å². The average molecular weight is 299 g/mol. The highest BCUT2D eigenvalue weighted by atomic mass is 79.9. The van der Waals surface area contributed by atoms with E-state index in [-0.39, 0.29) is 0 Å². The lowest BCUT2D eigenvalue weighted by Gasteiger charge is -2.12. The van der Waals surface area contributed by atoms with E-state index < -0.39 is 0 Å². The first-order valence-electron chi connectivity index (χ1n) is 5.51. The predicted molar refractivity (Wildman–Crippen MR) is 70.9 cm³/mol. The fourth-order valence-electron chi connectivity index (χ4n) is 1.62. The molecule has 5 heteroatoms. The van der Waals surface area contributed by atoms with Gasteiger partial charge in [-0.2, -0.15) is 0 Å². The van der Waals surface area contributed by atoms with Gasteiger partial charge in [0.2, 0.25) is 0 Å². The van der Waals surface area contributed by atoms with Crippen molar-refractivity contribution in [2.24, 2.45) is 4.99 Å². The van der Waals surface area contributed by atoms with E-state index in [9.17, 15) is 0 Å². The topological polar surface area (TPSA) is 42.9 Å². The summed E-state index contributed by atoms with van der Waals surface area (Å²) >= 11 is 3.44. The van der Waals surface area contributed by atoms with Crippen LogP contribution in [0.2, 0.25) is 0 Å². The molecule has 0 atom stereocenters. The number of nitrogens with zero attached hydrogens (tertiary/aromatic N) is 1. The maximum Gasteiger partial charge on any atom is 0.132 e. The Labute approximate surface area is 109 Å². The third-order valence-corrected chi connectivity index (χ3v) is 2.91. The van der Waals surface area contributed by atoms with Crippen LogP contribution in [0.5, 0.6) is 5.75 Å². The molecule has 0 radical (unpaired) electrons. The Balaban J connectivity index is 2.18. The van der Waals surface area contributed by atoms with Gasteiger partial charge in [-0.25, -0.2) is 0 Å². The first-order chi connectivity index (χ1) is 8.31. The summed E-state index contributed by atoms with van der Waals surface area (Å²) in [6.07, 6.45) is 0. The molecule has 1 N–H and O–H groups in total. The first-order valence-corrected chi connectivity index (χ1v) is 6.30. The number of aliphatic imine (C=N–C) groups is 1. The van der Waals surface area contributed by atoms with Crippen LogP contribution < -0.4 is 10.1 Å². The zero-order valence-electron chi connectivity index (χ0n) is 9.70. The number of methoxy groups -OCH3 is 1. The molecule has 1 aliphatic heterocycles. The van der Waals surface area contributed by atoms with Gasteiger partial charge in [-0.05, 0) is 18.2 Å². The maximum absolute atomic E-state index is 5.69. The van der Waals surface area contributed by atoms with Crippen LogP contribution in [0.1, 0.15) is 5.56 Å². The molecule has 92 valence electrons. The number of hydrogen-bond acceptors (Lipinski definition) is 4. The van der Waals surface area contributed by atoms with Gasteiger partial charge in [0.25, 0.3) is 0 Å². The molecule has 0 unspecified atom stereocenters. The van der Waals surface area contributed by atoms with Crippen LogP contribution in [0.15, 0.2) is 27.7 Å². The summed E-state index contributed by atoms with van der Waals surface area (Å²) in [6.45, 7) is 2.82. The summed E-state index contributed by atoms with van der Waals surface area (Å²) in [5, 5.41) is 3.25. The molecule has 1 heterocycles. The quantitative estimate of drug-likeness (QED) is 0.844. The molecule has 2 rings (SSSR count). The normalized spacial score (nSPS) is 14.4. The third-order valence-electron chi connectivity index (χ3n) is 2.42. The minimum absolute atomic E-state index is 0.535. The molecule has 17 heavy (non-hydrogen) atoms. The Kier molecular flexibility index (Phi) is 4.39. The maximum atomic E-state index is 5.69. The van der Waals surface area contributed by atoms with Crippen LogP contribution in [0.25, 0.3) is 0 Å². The highest BCUT2D eigenvalue weighted by Gasteiger charge is 2.13. The molecule has 0 spiro atoms. The van der Waals surface area contributed by atoms with Gasteiger partial charge in [0.15, 0.2) is 0 Å². The van der Waals surface area contributed by atoms with Crippen molar-refractivity contribution in [2.75, 3.05) is 33.4 Å². The van der Waals surface area contributed by atoms with Crippen LogP contribution in [-0.2, 0) is 4.74 Å². The monoisotopic (exact) mass is 298 g/mol. The lowest BCUT2D eigenvalue weighted by molar-refractivity contribution is 0.146. The molecular weight excluding hydrogens is 284 g/mol. The molecule has 1 aromatic carbocycles. The van der Waals surface area contributed by atoms with Crippen molar-refractivity contribution < 1.29 is 9.47 Å². The second-order valence-corrected chi connectivity index (χ2v) is 4.55. The predicted octanol–water partition coefficient (Wildman–Crippen LogP) is 1.82. The molecule has 0 saturated carbocycles. The third kappa shape index (κ3) is 3.20. The van der Waals surface area contributed by atoms with Gasteiger partial charge in [0.05, 0.1) is 18.7 Å². The number of rotatable bonds is 5. The summed E-state index contributed by atoms with van der Waals surface area (Å²) in [5.74, 6) is 1.73. The molecule has 1 aromatic rings. The van der Waals surface area contributed by atoms with Crippen molar-refractivity contribution >= 4 is 21.8 Å². The van der Waals surface area contributed by atoms with E-state index in [4.69, 9.17) is 9.47 Å². The summed E-state index contributed by atoms with van der Waals surface area (Å²) in [7, 11) is 1.66. The van der Waals surface area contributed by atoms with Gasteiger partial charge in [0.1, 0.15) is 18.2 Å². The second kappa shape index (κ2) is 6.02. The Morgan fingerprint density at radius 2 is 2.29 bits per heavy atom. The SMILES string of the molecule is COCCOc1cc(Br)ccc1C1=NCCN1. The van der Waals surface area contributed by atoms with Crippen molar-refractivity contribution in [3.8, 4) is 5.75 Å². The van der Waals surface area contributed by atoms with E-state index >= 15 is 0 Å². The van der Waals surface area contributed by atoms with Crippen LogP contribution in [0.3, 0.4) is 0 Å².